The second-order valence-corrected chi connectivity index (χ2v) is 2.91. The number of amides is 1. The van der Waals surface area contributed by atoms with Crippen molar-refractivity contribution < 1.29 is 23.2 Å². The molecule has 0 bridgehead atoms. The normalized spacial score (nSPS) is 10.1. The number of hydrogen-bond acceptors (Lipinski definition) is 4. The van der Waals surface area contributed by atoms with Crippen LogP contribution >= 0.6 is 0 Å². The van der Waals surface area contributed by atoms with E-state index in [0.29, 0.717) is 0 Å². The van der Waals surface area contributed by atoms with E-state index < -0.39 is 24.0 Å². The number of ether oxygens (including phenoxy) is 1. The molecular weight excluding hydrogens is 238 g/mol. The van der Waals surface area contributed by atoms with Crippen LogP contribution in [-0.4, -0.2) is 24.0 Å². The number of carbonyl (C=O) groups excluding carboxylic acids is 1. The number of nitrogens with zero attached hydrogens (tertiary/aromatic N) is 1. The average molecular weight is 246 g/mol. The Morgan fingerprint density at radius 3 is 2.47 bits per heavy atom. The van der Waals surface area contributed by atoms with Crippen molar-refractivity contribution in [1.82, 2.24) is 5.32 Å². The summed E-state index contributed by atoms with van der Waals surface area (Å²) in [6.45, 7) is -0.814. The zero-order valence-corrected chi connectivity index (χ0v) is 8.43. The van der Waals surface area contributed by atoms with Crippen LogP contribution in [0.1, 0.15) is 0 Å². The van der Waals surface area contributed by atoms with Gasteiger partial charge in [-0.05, 0) is 12.1 Å². The van der Waals surface area contributed by atoms with Crippen molar-refractivity contribution in [3.8, 4) is 5.75 Å². The highest BCUT2D eigenvalue weighted by atomic mass is 19.3. The molecule has 1 aromatic carbocycles. The first-order valence-electron chi connectivity index (χ1n) is 4.47. The molecule has 1 N–H and O–H groups in total. The van der Waals surface area contributed by atoms with Crippen molar-refractivity contribution in [2.24, 2.45) is 0 Å². The molecule has 0 saturated carbocycles. The van der Waals surface area contributed by atoms with Crippen molar-refractivity contribution >= 4 is 11.8 Å². The van der Waals surface area contributed by atoms with Gasteiger partial charge in [-0.25, -0.2) is 13.6 Å². The Morgan fingerprint density at radius 2 is 2.00 bits per heavy atom. The van der Waals surface area contributed by atoms with Crippen LogP contribution in [0, 0.1) is 10.1 Å². The van der Waals surface area contributed by atoms with Gasteiger partial charge in [-0.1, -0.05) is 0 Å². The summed E-state index contributed by atoms with van der Waals surface area (Å²) in [5.41, 5.74) is -0.162. The van der Waals surface area contributed by atoms with Crippen molar-refractivity contribution in [1.29, 1.82) is 0 Å². The summed E-state index contributed by atoms with van der Waals surface area (Å²) in [6, 6.07) is 4.66. The number of nitro benzene ring substituents is 1. The number of alkyl halides is 2. The summed E-state index contributed by atoms with van der Waals surface area (Å²) < 4.78 is 28.1. The fourth-order valence-electron chi connectivity index (χ4n) is 0.940. The molecule has 0 aliphatic rings. The maximum atomic E-state index is 11.7. The standard InChI is InChI=1S/C9H8F2N2O4/c10-8(11)5-12-9(14)17-7-3-1-6(2-4-7)13(15)16/h1-4,8H,5H2,(H,12,14). The van der Waals surface area contributed by atoms with Crippen molar-refractivity contribution in [3.63, 3.8) is 0 Å². The molecule has 1 aromatic rings. The van der Waals surface area contributed by atoms with E-state index in [1.165, 1.54) is 12.1 Å². The number of nitro groups is 1. The lowest BCUT2D eigenvalue weighted by atomic mass is 10.3. The van der Waals surface area contributed by atoms with Crippen LogP contribution in [0.15, 0.2) is 24.3 Å². The summed E-state index contributed by atoms with van der Waals surface area (Å²) in [5, 5.41) is 12.1. The minimum absolute atomic E-state index is 0.0300. The summed E-state index contributed by atoms with van der Waals surface area (Å²) in [4.78, 5) is 20.6. The van der Waals surface area contributed by atoms with Gasteiger partial charge in [-0.2, -0.15) is 0 Å². The van der Waals surface area contributed by atoms with Gasteiger partial charge in [0.1, 0.15) is 5.75 Å². The third-order valence-electron chi connectivity index (χ3n) is 1.66. The number of rotatable bonds is 4. The predicted molar refractivity (Wildman–Crippen MR) is 53.1 cm³/mol. The van der Waals surface area contributed by atoms with Crippen molar-refractivity contribution in [3.05, 3.63) is 34.4 Å². The van der Waals surface area contributed by atoms with Crippen LogP contribution in [0.25, 0.3) is 0 Å². The van der Waals surface area contributed by atoms with Gasteiger partial charge in [0.25, 0.3) is 12.1 Å². The van der Waals surface area contributed by atoms with Crippen LogP contribution in [-0.2, 0) is 0 Å². The Morgan fingerprint density at radius 1 is 1.41 bits per heavy atom. The van der Waals surface area contributed by atoms with Gasteiger partial charge >= 0.3 is 6.09 Å². The topological polar surface area (TPSA) is 81.5 Å². The molecule has 0 aliphatic carbocycles. The van der Waals surface area contributed by atoms with Crippen LogP contribution in [0.2, 0.25) is 0 Å². The lowest BCUT2D eigenvalue weighted by Crippen LogP contribution is -2.31. The highest BCUT2D eigenvalue weighted by Crippen LogP contribution is 2.17. The maximum absolute atomic E-state index is 11.7. The quantitative estimate of drug-likeness (QED) is 0.650. The van der Waals surface area contributed by atoms with Gasteiger partial charge in [0.05, 0.1) is 11.5 Å². The first-order valence-corrected chi connectivity index (χ1v) is 4.47. The van der Waals surface area contributed by atoms with E-state index in [4.69, 9.17) is 0 Å². The molecule has 0 aliphatic heterocycles. The highest BCUT2D eigenvalue weighted by Gasteiger charge is 2.09. The first kappa shape index (κ1) is 12.8. The Hall–Kier alpha value is -2.25. The fourth-order valence-corrected chi connectivity index (χ4v) is 0.940. The van der Waals surface area contributed by atoms with E-state index in [9.17, 15) is 23.7 Å². The second-order valence-electron chi connectivity index (χ2n) is 2.91. The van der Waals surface area contributed by atoms with Crippen molar-refractivity contribution in [2.75, 3.05) is 6.54 Å². The largest absolute Gasteiger partial charge is 0.412 e. The molecule has 8 heteroatoms. The Balaban J connectivity index is 2.51. The number of hydrogen-bond donors (Lipinski definition) is 1. The molecule has 1 amide bonds. The van der Waals surface area contributed by atoms with E-state index in [1.54, 1.807) is 0 Å². The fraction of sp³-hybridized carbons (Fsp3) is 0.222. The Bertz CT molecular complexity index is 408. The molecule has 0 atom stereocenters. The van der Waals surface area contributed by atoms with Crippen molar-refractivity contribution in [2.45, 2.75) is 6.43 Å². The molecule has 6 nitrogen and oxygen atoms in total. The summed E-state index contributed by atoms with van der Waals surface area (Å²) >= 11 is 0. The average Bonchev–Trinajstić information content (AvgIpc) is 2.27. The SMILES string of the molecule is O=C(NCC(F)F)Oc1ccc([N+](=O)[O-])cc1. The third kappa shape index (κ3) is 4.41. The van der Waals surface area contributed by atoms with E-state index in [0.717, 1.165) is 12.1 Å². The molecule has 0 saturated heterocycles. The molecule has 0 unspecified atom stereocenters. The number of non-ortho nitro benzene ring substituents is 1. The third-order valence-corrected chi connectivity index (χ3v) is 1.66. The molecule has 92 valence electrons. The van der Waals surface area contributed by atoms with Gasteiger partial charge in [0.15, 0.2) is 0 Å². The molecule has 0 radical (unpaired) electrons. The smallest absolute Gasteiger partial charge is 0.410 e. The second kappa shape index (κ2) is 5.73. The zero-order valence-electron chi connectivity index (χ0n) is 8.43. The van der Waals surface area contributed by atoms with Gasteiger partial charge in [0, 0.05) is 12.1 Å². The minimum atomic E-state index is -2.67. The lowest BCUT2D eigenvalue weighted by molar-refractivity contribution is -0.384. The van der Waals surface area contributed by atoms with Crippen LogP contribution in [0.3, 0.4) is 0 Å². The summed E-state index contributed by atoms with van der Waals surface area (Å²) in [7, 11) is 0. The van der Waals surface area contributed by atoms with Crippen LogP contribution < -0.4 is 10.1 Å². The number of nitrogens with one attached hydrogen (secondary N) is 1. The zero-order chi connectivity index (χ0) is 12.8. The van der Waals surface area contributed by atoms with Crippen LogP contribution in [0.5, 0.6) is 5.75 Å². The van der Waals surface area contributed by atoms with E-state index in [2.05, 4.69) is 4.74 Å². The monoisotopic (exact) mass is 246 g/mol. The Labute approximate surface area is 94.3 Å². The number of halogens is 2. The summed E-state index contributed by atoms with van der Waals surface area (Å²) in [6.07, 6.45) is -3.71. The van der Waals surface area contributed by atoms with Gasteiger partial charge in [0.2, 0.25) is 0 Å². The minimum Gasteiger partial charge on any atom is -0.410 e. The van der Waals surface area contributed by atoms with Crippen LogP contribution in [0.4, 0.5) is 19.3 Å². The van der Waals surface area contributed by atoms with E-state index in [1.807, 2.05) is 5.32 Å². The molecular formula is C9H8F2N2O4. The van der Waals surface area contributed by atoms with E-state index >= 15 is 0 Å². The molecule has 1 rings (SSSR count). The maximum Gasteiger partial charge on any atom is 0.412 e. The number of benzene rings is 1. The Kier molecular flexibility index (Phi) is 4.32. The van der Waals surface area contributed by atoms with E-state index in [-0.39, 0.29) is 11.4 Å². The highest BCUT2D eigenvalue weighted by molar-refractivity contribution is 5.70. The molecule has 0 heterocycles. The molecule has 0 aromatic heterocycles. The first-order chi connectivity index (χ1) is 7.99. The van der Waals surface area contributed by atoms with Gasteiger partial charge < -0.3 is 10.1 Å². The molecule has 0 spiro atoms. The van der Waals surface area contributed by atoms with Gasteiger partial charge in [-0.15, -0.1) is 0 Å². The van der Waals surface area contributed by atoms with Gasteiger partial charge in [-0.3, -0.25) is 10.1 Å². The molecule has 0 fully saturated rings. The lowest BCUT2D eigenvalue weighted by Gasteiger charge is -2.05. The molecule has 17 heavy (non-hydrogen) atoms. The predicted octanol–water partition coefficient (Wildman–Crippen LogP) is 1.95. The summed E-state index contributed by atoms with van der Waals surface area (Å²) in [5.74, 6) is 0.0300. The number of carbonyl (C=O) groups is 1.